The number of methoxy groups -OCH3 is 1. The van der Waals surface area contributed by atoms with E-state index < -0.39 is 6.43 Å². The van der Waals surface area contributed by atoms with Gasteiger partial charge in [-0.05, 0) is 18.2 Å². The second kappa shape index (κ2) is 3.98. The van der Waals surface area contributed by atoms with Crippen molar-refractivity contribution in [1.82, 2.24) is 0 Å². The molecule has 0 aliphatic carbocycles. The van der Waals surface area contributed by atoms with E-state index in [-0.39, 0.29) is 11.1 Å². The predicted molar refractivity (Wildman–Crippen MR) is 43.3 cm³/mol. The number of rotatable bonds is 3. The van der Waals surface area contributed by atoms with Crippen molar-refractivity contribution in [2.45, 2.75) is 6.43 Å². The van der Waals surface area contributed by atoms with Crippen LogP contribution in [0.4, 0.5) is 8.78 Å². The van der Waals surface area contributed by atoms with Gasteiger partial charge in [0.1, 0.15) is 5.75 Å². The van der Waals surface area contributed by atoms with Crippen LogP contribution in [0.3, 0.4) is 0 Å². The molecule has 0 saturated heterocycles. The Balaban J connectivity index is 3.13. The Kier molecular flexibility index (Phi) is 2.95. The highest BCUT2D eigenvalue weighted by molar-refractivity contribution is 5.79. The van der Waals surface area contributed by atoms with Crippen molar-refractivity contribution in [2.75, 3.05) is 7.11 Å². The van der Waals surface area contributed by atoms with Gasteiger partial charge in [0, 0.05) is 5.56 Å². The van der Waals surface area contributed by atoms with E-state index in [1.165, 1.54) is 19.2 Å². The number of halogens is 2. The SMILES string of the molecule is COc1ccc(C(F)F)cc1C=O. The lowest BCUT2D eigenvalue weighted by molar-refractivity contribution is 0.112. The number of ether oxygens (including phenoxy) is 1. The second-order valence-corrected chi connectivity index (χ2v) is 2.42. The summed E-state index contributed by atoms with van der Waals surface area (Å²) >= 11 is 0. The summed E-state index contributed by atoms with van der Waals surface area (Å²) in [6, 6.07) is 3.71. The van der Waals surface area contributed by atoms with E-state index in [0.717, 1.165) is 6.07 Å². The van der Waals surface area contributed by atoms with Gasteiger partial charge in [0.2, 0.25) is 0 Å². The third kappa shape index (κ3) is 2.02. The Hall–Kier alpha value is -1.45. The normalized spacial score (nSPS) is 10.2. The van der Waals surface area contributed by atoms with Gasteiger partial charge in [0.05, 0.1) is 12.7 Å². The van der Waals surface area contributed by atoms with Crippen LogP contribution >= 0.6 is 0 Å². The number of alkyl halides is 2. The first kappa shape index (κ1) is 9.64. The summed E-state index contributed by atoms with van der Waals surface area (Å²) < 4.78 is 29.1. The van der Waals surface area contributed by atoms with Gasteiger partial charge in [-0.3, -0.25) is 4.79 Å². The smallest absolute Gasteiger partial charge is 0.263 e. The van der Waals surface area contributed by atoms with Crippen molar-refractivity contribution < 1.29 is 18.3 Å². The molecular weight excluding hydrogens is 178 g/mol. The topological polar surface area (TPSA) is 26.3 Å². The molecule has 1 aromatic carbocycles. The highest BCUT2D eigenvalue weighted by Gasteiger charge is 2.10. The Labute approximate surface area is 74.1 Å². The maximum Gasteiger partial charge on any atom is 0.263 e. The van der Waals surface area contributed by atoms with Gasteiger partial charge < -0.3 is 4.74 Å². The first-order valence-corrected chi connectivity index (χ1v) is 3.60. The number of aldehydes is 1. The summed E-state index contributed by atoms with van der Waals surface area (Å²) in [5.74, 6) is 0.305. The fourth-order valence-corrected chi connectivity index (χ4v) is 0.981. The van der Waals surface area contributed by atoms with Crippen molar-refractivity contribution in [1.29, 1.82) is 0 Å². The molecule has 0 radical (unpaired) electrons. The molecule has 0 atom stereocenters. The second-order valence-electron chi connectivity index (χ2n) is 2.42. The van der Waals surface area contributed by atoms with Gasteiger partial charge in [-0.25, -0.2) is 8.78 Å². The maximum atomic E-state index is 12.2. The van der Waals surface area contributed by atoms with Crippen molar-refractivity contribution in [2.24, 2.45) is 0 Å². The molecule has 0 aromatic heterocycles. The summed E-state index contributed by atoms with van der Waals surface area (Å²) in [5, 5.41) is 0. The van der Waals surface area contributed by atoms with Crippen LogP contribution in [-0.4, -0.2) is 13.4 Å². The fourth-order valence-electron chi connectivity index (χ4n) is 0.981. The van der Waals surface area contributed by atoms with E-state index in [2.05, 4.69) is 0 Å². The summed E-state index contributed by atoms with van der Waals surface area (Å²) in [7, 11) is 1.38. The van der Waals surface area contributed by atoms with Crippen LogP contribution in [0.25, 0.3) is 0 Å². The van der Waals surface area contributed by atoms with Crippen LogP contribution in [0.2, 0.25) is 0 Å². The molecule has 70 valence electrons. The molecule has 4 heteroatoms. The Bertz CT molecular complexity index is 310. The van der Waals surface area contributed by atoms with Crippen LogP contribution < -0.4 is 4.74 Å². The lowest BCUT2D eigenvalue weighted by Gasteiger charge is -2.05. The van der Waals surface area contributed by atoms with Crippen molar-refractivity contribution in [3.63, 3.8) is 0 Å². The zero-order chi connectivity index (χ0) is 9.84. The Morgan fingerprint density at radius 2 is 2.15 bits per heavy atom. The van der Waals surface area contributed by atoms with Crippen LogP contribution in [0.15, 0.2) is 18.2 Å². The third-order valence-electron chi connectivity index (χ3n) is 1.63. The number of carbonyl (C=O) groups excluding carboxylic acids is 1. The van der Waals surface area contributed by atoms with Gasteiger partial charge in [-0.1, -0.05) is 0 Å². The standard InChI is InChI=1S/C9H8F2O2/c1-13-8-3-2-6(9(10)11)4-7(8)5-12/h2-5,9H,1H3. The van der Waals surface area contributed by atoms with Gasteiger partial charge in [0.25, 0.3) is 6.43 Å². The Morgan fingerprint density at radius 3 is 2.62 bits per heavy atom. The number of benzene rings is 1. The largest absolute Gasteiger partial charge is 0.496 e. The first-order valence-electron chi connectivity index (χ1n) is 3.60. The minimum Gasteiger partial charge on any atom is -0.496 e. The summed E-state index contributed by atoms with van der Waals surface area (Å²) in [6.45, 7) is 0. The van der Waals surface area contributed by atoms with E-state index in [0.29, 0.717) is 12.0 Å². The van der Waals surface area contributed by atoms with Crippen LogP contribution in [-0.2, 0) is 0 Å². The van der Waals surface area contributed by atoms with Crippen LogP contribution in [0.5, 0.6) is 5.75 Å². The molecule has 0 bridgehead atoms. The van der Waals surface area contributed by atoms with Crippen molar-refractivity contribution in [3.05, 3.63) is 29.3 Å². The van der Waals surface area contributed by atoms with E-state index in [1.807, 2.05) is 0 Å². The van der Waals surface area contributed by atoms with Gasteiger partial charge in [-0.15, -0.1) is 0 Å². The molecule has 2 nitrogen and oxygen atoms in total. The minimum absolute atomic E-state index is 0.139. The molecule has 0 aliphatic rings. The molecule has 0 amide bonds. The molecule has 0 N–H and O–H groups in total. The third-order valence-corrected chi connectivity index (χ3v) is 1.63. The summed E-state index contributed by atoms with van der Waals surface area (Å²) in [5.41, 5.74) is -0.0387. The van der Waals surface area contributed by atoms with Crippen LogP contribution in [0, 0.1) is 0 Å². The predicted octanol–water partition coefficient (Wildman–Crippen LogP) is 2.45. The van der Waals surface area contributed by atoms with E-state index in [4.69, 9.17) is 4.74 Å². The average molecular weight is 186 g/mol. The molecule has 1 aromatic rings. The van der Waals surface area contributed by atoms with Gasteiger partial charge in [0.15, 0.2) is 6.29 Å². The van der Waals surface area contributed by atoms with Gasteiger partial charge >= 0.3 is 0 Å². The Morgan fingerprint density at radius 1 is 1.46 bits per heavy atom. The molecular formula is C9H8F2O2. The van der Waals surface area contributed by atoms with E-state index in [9.17, 15) is 13.6 Å². The highest BCUT2D eigenvalue weighted by Crippen LogP contribution is 2.24. The van der Waals surface area contributed by atoms with Gasteiger partial charge in [-0.2, -0.15) is 0 Å². The first-order chi connectivity index (χ1) is 6.19. The van der Waals surface area contributed by atoms with Crippen molar-refractivity contribution in [3.8, 4) is 5.75 Å². The number of hydrogen-bond donors (Lipinski definition) is 0. The molecule has 0 spiro atoms. The van der Waals surface area contributed by atoms with E-state index in [1.54, 1.807) is 0 Å². The number of hydrogen-bond acceptors (Lipinski definition) is 2. The summed E-state index contributed by atoms with van der Waals surface area (Å²) in [6.07, 6.45) is -2.07. The highest BCUT2D eigenvalue weighted by atomic mass is 19.3. The quantitative estimate of drug-likeness (QED) is 0.677. The lowest BCUT2D eigenvalue weighted by Crippen LogP contribution is -1.93. The average Bonchev–Trinajstić information content (AvgIpc) is 2.16. The zero-order valence-corrected chi connectivity index (χ0v) is 6.96. The lowest BCUT2D eigenvalue weighted by atomic mass is 10.1. The molecule has 13 heavy (non-hydrogen) atoms. The fraction of sp³-hybridized carbons (Fsp3) is 0.222. The minimum atomic E-state index is -2.57. The van der Waals surface area contributed by atoms with Crippen molar-refractivity contribution >= 4 is 6.29 Å². The molecule has 1 rings (SSSR count). The monoisotopic (exact) mass is 186 g/mol. The van der Waals surface area contributed by atoms with E-state index >= 15 is 0 Å². The summed E-state index contributed by atoms with van der Waals surface area (Å²) in [4.78, 5) is 10.4. The zero-order valence-electron chi connectivity index (χ0n) is 6.96. The molecule has 0 aliphatic heterocycles. The molecule has 0 heterocycles. The maximum absolute atomic E-state index is 12.2. The number of carbonyl (C=O) groups is 1. The van der Waals surface area contributed by atoms with Crippen LogP contribution in [0.1, 0.15) is 22.3 Å². The molecule has 0 unspecified atom stereocenters. The molecule has 0 saturated carbocycles. The molecule has 0 fully saturated rings.